The number of carboxylic acids is 1. The highest BCUT2D eigenvalue weighted by Crippen LogP contribution is 2.11. The summed E-state index contributed by atoms with van der Waals surface area (Å²) in [6, 6.07) is 0. The van der Waals surface area contributed by atoms with Gasteiger partial charge in [-0.3, -0.25) is 4.79 Å². The fraction of sp³-hybridized carbons (Fsp3) is 0.300. The quantitative estimate of drug-likeness (QED) is 0.630. The highest BCUT2D eigenvalue weighted by molar-refractivity contribution is 7.12. The monoisotopic (exact) mass is 225 g/mol. The molecule has 0 saturated carbocycles. The van der Waals surface area contributed by atoms with E-state index >= 15 is 0 Å². The molecule has 0 amide bonds. The number of allylic oxidation sites excluding steroid dienone is 2. The van der Waals surface area contributed by atoms with Crippen molar-refractivity contribution in [2.45, 2.75) is 13.8 Å². The molecule has 0 fully saturated rings. The number of carbonyl (C=O) groups excluding carboxylic acids is 1. The molecule has 0 unspecified atom stereocenters. The van der Waals surface area contributed by atoms with E-state index in [1.807, 2.05) is 13.8 Å². The average molecular weight is 225 g/mol. The first-order valence-corrected chi connectivity index (χ1v) is 5.30. The Bertz CT molecular complexity index is 407. The van der Waals surface area contributed by atoms with Gasteiger partial charge in [-0.2, -0.15) is 0 Å². The molecule has 1 heterocycles. The van der Waals surface area contributed by atoms with Crippen LogP contribution < -0.4 is 0 Å². The van der Waals surface area contributed by atoms with Crippen molar-refractivity contribution >= 4 is 23.1 Å². The molecule has 0 bridgehead atoms. The van der Waals surface area contributed by atoms with Crippen LogP contribution in [0.4, 0.5) is 0 Å². The van der Waals surface area contributed by atoms with Crippen molar-refractivity contribution in [3.05, 3.63) is 28.2 Å². The second-order valence-electron chi connectivity index (χ2n) is 3.31. The van der Waals surface area contributed by atoms with E-state index in [0.717, 1.165) is 11.3 Å². The van der Waals surface area contributed by atoms with Crippen LogP contribution >= 0.6 is 11.3 Å². The number of carbonyl (C=O) groups is 2. The van der Waals surface area contributed by atoms with Gasteiger partial charge in [0, 0.05) is 5.38 Å². The molecule has 4 nitrogen and oxygen atoms in total. The van der Waals surface area contributed by atoms with E-state index in [-0.39, 0.29) is 22.4 Å². The molecule has 0 aliphatic heterocycles. The van der Waals surface area contributed by atoms with Crippen LogP contribution in [0, 0.1) is 5.92 Å². The molecular weight excluding hydrogens is 214 g/mol. The summed E-state index contributed by atoms with van der Waals surface area (Å²) in [6.45, 7) is 3.91. The number of hydrogen-bond donors (Lipinski definition) is 1. The average Bonchev–Trinajstić information content (AvgIpc) is 2.62. The van der Waals surface area contributed by atoms with Gasteiger partial charge in [0.1, 0.15) is 0 Å². The number of thiazole rings is 1. The Morgan fingerprint density at radius 2 is 2.20 bits per heavy atom. The van der Waals surface area contributed by atoms with E-state index in [4.69, 9.17) is 5.11 Å². The van der Waals surface area contributed by atoms with E-state index in [2.05, 4.69) is 4.98 Å². The predicted octanol–water partition coefficient (Wildman–Crippen LogP) is 2.24. The van der Waals surface area contributed by atoms with Crippen LogP contribution in [0.5, 0.6) is 0 Å². The lowest BCUT2D eigenvalue weighted by Gasteiger charge is -1.91. The zero-order valence-electron chi connectivity index (χ0n) is 8.43. The highest BCUT2D eigenvalue weighted by Gasteiger charge is 2.12. The Kier molecular flexibility index (Phi) is 3.74. The number of ketones is 1. The second-order valence-corrected chi connectivity index (χ2v) is 4.17. The van der Waals surface area contributed by atoms with E-state index in [1.54, 1.807) is 6.08 Å². The Labute approximate surface area is 91.3 Å². The molecule has 0 saturated heterocycles. The van der Waals surface area contributed by atoms with Crippen molar-refractivity contribution in [1.29, 1.82) is 0 Å². The molecule has 0 aromatic carbocycles. The maximum absolute atomic E-state index is 11.5. The van der Waals surface area contributed by atoms with Crippen LogP contribution in [-0.2, 0) is 0 Å². The number of aromatic carboxylic acids is 1. The van der Waals surface area contributed by atoms with E-state index in [0.29, 0.717) is 0 Å². The largest absolute Gasteiger partial charge is 0.476 e. The van der Waals surface area contributed by atoms with Gasteiger partial charge in [-0.15, -0.1) is 11.3 Å². The van der Waals surface area contributed by atoms with Gasteiger partial charge in [-0.1, -0.05) is 19.9 Å². The molecule has 15 heavy (non-hydrogen) atoms. The first-order valence-electron chi connectivity index (χ1n) is 4.42. The summed E-state index contributed by atoms with van der Waals surface area (Å²) < 4.78 is 0. The van der Waals surface area contributed by atoms with Crippen molar-refractivity contribution in [3.63, 3.8) is 0 Å². The molecule has 1 aromatic heterocycles. The standard InChI is InChI=1S/C10H11NO3S/c1-6(2)3-4-8(12)9-11-7(5-15-9)10(13)14/h3-6H,1-2H3,(H,13,14)/b4-3+. The molecule has 0 aliphatic carbocycles. The van der Waals surface area contributed by atoms with Crippen molar-refractivity contribution < 1.29 is 14.7 Å². The molecule has 80 valence electrons. The lowest BCUT2D eigenvalue weighted by atomic mass is 10.2. The van der Waals surface area contributed by atoms with E-state index in [9.17, 15) is 9.59 Å². The van der Waals surface area contributed by atoms with Crippen molar-refractivity contribution in [1.82, 2.24) is 4.98 Å². The molecule has 5 heteroatoms. The van der Waals surface area contributed by atoms with Gasteiger partial charge in [-0.25, -0.2) is 9.78 Å². The van der Waals surface area contributed by atoms with Crippen LogP contribution in [0.25, 0.3) is 0 Å². The van der Waals surface area contributed by atoms with Crippen LogP contribution in [0.1, 0.15) is 34.1 Å². The molecular formula is C10H11NO3S. The third-order valence-electron chi connectivity index (χ3n) is 1.57. The summed E-state index contributed by atoms with van der Waals surface area (Å²) in [4.78, 5) is 25.7. The molecule has 0 radical (unpaired) electrons. The lowest BCUT2D eigenvalue weighted by molar-refractivity contribution is 0.0691. The van der Waals surface area contributed by atoms with Crippen LogP contribution in [0.15, 0.2) is 17.5 Å². The minimum Gasteiger partial charge on any atom is -0.476 e. The lowest BCUT2D eigenvalue weighted by Crippen LogP contribution is -1.99. The summed E-state index contributed by atoms with van der Waals surface area (Å²) in [5.41, 5.74) is -0.0821. The number of aromatic nitrogens is 1. The summed E-state index contributed by atoms with van der Waals surface area (Å²) in [5, 5.41) is 10.2. The minimum atomic E-state index is -1.11. The predicted molar refractivity (Wildman–Crippen MR) is 57.4 cm³/mol. The van der Waals surface area contributed by atoms with Gasteiger partial charge in [0.2, 0.25) is 5.78 Å². The van der Waals surface area contributed by atoms with Crippen molar-refractivity contribution in [2.75, 3.05) is 0 Å². The molecule has 0 atom stereocenters. The van der Waals surface area contributed by atoms with E-state index in [1.165, 1.54) is 11.5 Å². The summed E-state index contributed by atoms with van der Waals surface area (Å²) in [6.07, 6.45) is 3.18. The topological polar surface area (TPSA) is 67.3 Å². The van der Waals surface area contributed by atoms with Gasteiger partial charge < -0.3 is 5.11 Å². The SMILES string of the molecule is CC(C)/C=C/C(=O)c1nc(C(=O)O)cs1. The summed E-state index contributed by atoms with van der Waals surface area (Å²) >= 11 is 1.04. The molecule has 1 aromatic rings. The van der Waals surface area contributed by atoms with Gasteiger partial charge in [0.15, 0.2) is 10.7 Å². The Morgan fingerprint density at radius 3 is 2.67 bits per heavy atom. The third-order valence-corrected chi connectivity index (χ3v) is 2.42. The molecule has 0 spiro atoms. The number of nitrogens with zero attached hydrogens (tertiary/aromatic N) is 1. The fourth-order valence-corrected chi connectivity index (χ4v) is 1.55. The van der Waals surface area contributed by atoms with Gasteiger partial charge in [0.05, 0.1) is 0 Å². The zero-order valence-corrected chi connectivity index (χ0v) is 9.25. The van der Waals surface area contributed by atoms with Crippen LogP contribution in [-0.4, -0.2) is 21.8 Å². The minimum absolute atomic E-state index is 0.0821. The molecule has 1 rings (SSSR count). The third kappa shape index (κ3) is 3.28. The second kappa shape index (κ2) is 4.84. The number of rotatable bonds is 4. The maximum Gasteiger partial charge on any atom is 0.355 e. The normalized spacial score (nSPS) is 11.1. The van der Waals surface area contributed by atoms with E-state index < -0.39 is 5.97 Å². The van der Waals surface area contributed by atoms with Gasteiger partial charge in [0.25, 0.3) is 0 Å². The molecule has 1 N–H and O–H groups in total. The maximum atomic E-state index is 11.5. The smallest absolute Gasteiger partial charge is 0.355 e. The van der Waals surface area contributed by atoms with Gasteiger partial charge in [-0.05, 0) is 12.0 Å². The Hall–Kier alpha value is -1.49. The van der Waals surface area contributed by atoms with Crippen LogP contribution in [0.2, 0.25) is 0 Å². The first kappa shape index (κ1) is 11.6. The Morgan fingerprint density at radius 1 is 1.53 bits per heavy atom. The number of hydrogen-bond acceptors (Lipinski definition) is 4. The summed E-state index contributed by atoms with van der Waals surface area (Å²) in [5.74, 6) is -1.08. The highest BCUT2D eigenvalue weighted by atomic mass is 32.1. The zero-order chi connectivity index (χ0) is 11.4. The van der Waals surface area contributed by atoms with Crippen LogP contribution in [0.3, 0.4) is 0 Å². The van der Waals surface area contributed by atoms with Crippen molar-refractivity contribution in [3.8, 4) is 0 Å². The van der Waals surface area contributed by atoms with Crippen molar-refractivity contribution in [2.24, 2.45) is 5.92 Å². The summed E-state index contributed by atoms with van der Waals surface area (Å²) in [7, 11) is 0. The fourth-order valence-electron chi connectivity index (χ4n) is 0.836. The first-order chi connectivity index (χ1) is 7.00. The van der Waals surface area contributed by atoms with Gasteiger partial charge >= 0.3 is 5.97 Å². The number of carboxylic acid groups (broad SMARTS) is 1. The Balaban J connectivity index is 2.79. The molecule has 0 aliphatic rings.